The van der Waals surface area contributed by atoms with Gasteiger partial charge in [0.2, 0.25) is 10.0 Å². The molecule has 0 amide bonds. The number of aryl methyl sites for hydroxylation is 2. The molecule has 2 fully saturated rings. The monoisotopic (exact) mass is 335 g/mol. The Bertz CT molecular complexity index is 642. The number of hydrogen-bond acceptors (Lipinski definition) is 5. The van der Waals surface area contributed by atoms with Gasteiger partial charge in [0.05, 0.1) is 18.9 Å². The lowest BCUT2D eigenvalue weighted by Gasteiger charge is -2.36. The van der Waals surface area contributed by atoms with Crippen molar-refractivity contribution in [3.63, 3.8) is 0 Å². The first-order valence-corrected chi connectivity index (χ1v) is 8.65. The summed E-state index contributed by atoms with van der Waals surface area (Å²) in [4.78, 5) is 0.0934. The van der Waals surface area contributed by atoms with Crippen LogP contribution >= 0.6 is 11.6 Å². The molecular weight excluding hydrogens is 318 g/mol. The van der Waals surface area contributed by atoms with E-state index in [1.807, 2.05) is 0 Å². The number of aromatic nitrogens is 2. The van der Waals surface area contributed by atoms with E-state index < -0.39 is 15.8 Å². The molecule has 2 aliphatic rings. The smallest absolute Gasteiger partial charge is 0.248 e. The van der Waals surface area contributed by atoms with Crippen LogP contribution in [-0.2, 0) is 26.5 Å². The molecule has 3 rings (SSSR count). The highest BCUT2D eigenvalue weighted by Crippen LogP contribution is 2.35. The highest BCUT2D eigenvalue weighted by Gasteiger charge is 2.43. The molecule has 21 heavy (non-hydrogen) atoms. The zero-order valence-electron chi connectivity index (χ0n) is 12.0. The van der Waals surface area contributed by atoms with E-state index in [-0.39, 0.29) is 10.0 Å². The maximum atomic E-state index is 12.8. The van der Waals surface area contributed by atoms with Crippen molar-refractivity contribution in [3.8, 4) is 0 Å². The van der Waals surface area contributed by atoms with Gasteiger partial charge in [0.25, 0.3) is 0 Å². The second kappa shape index (κ2) is 5.20. The molecule has 1 aromatic heterocycles. The van der Waals surface area contributed by atoms with Crippen LogP contribution in [-0.4, -0.2) is 54.6 Å². The topological polar surface area (TPSA) is 73.7 Å². The lowest BCUT2D eigenvalue weighted by molar-refractivity contribution is -0.179. The third-order valence-corrected chi connectivity index (χ3v) is 6.59. The summed E-state index contributed by atoms with van der Waals surface area (Å²) in [5.41, 5.74) is 0.413. The predicted molar refractivity (Wildman–Crippen MR) is 75.6 cm³/mol. The van der Waals surface area contributed by atoms with Crippen LogP contribution < -0.4 is 0 Å². The highest BCUT2D eigenvalue weighted by atomic mass is 35.5. The van der Waals surface area contributed by atoms with Crippen molar-refractivity contribution in [2.75, 3.05) is 26.3 Å². The molecule has 0 aromatic carbocycles. The van der Waals surface area contributed by atoms with Crippen LogP contribution in [0.25, 0.3) is 0 Å². The predicted octanol–water partition coefficient (Wildman–Crippen LogP) is 0.910. The molecule has 7 nitrogen and oxygen atoms in total. The van der Waals surface area contributed by atoms with E-state index in [0.29, 0.717) is 44.8 Å². The first kappa shape index (κ1) is 15.2. The van der Waals surface area contributed by atoms with Gasteiger partial charge in [0.15, 0.2) is 5.79 Å². The van der Waals surface area contributed by atoms with Gasteiger partial charge in [-0.15, -0.1) is 0 Å². The summed E-state index contributed by atoms with van der Waals surface area (Å²) in [6, 6.07) is 0. The number of nitrogens with zero attached hydrogens (tertiary/aromatic N) is 3. The Morgan fingerprint density at radius 1 is 1.24 bits per heavy atom. The van der Waals surface area contributed by atoms with Gasteiger partial charge in [-0.2, -0.15) is 9.40 Å². The molecule has 3 heterocycles. The fourth-order valence-corrected chi connectivity index (χ4v) is 5.03. The van der Waals surface area contributed by atoms with Gasteiger partial charge >= 0.3 is 0 Å². The largest absolute Gasteiger partial charge is 0.347 e. The first-order chi connectivity index (χ1) is 9.86. The standard InChI is InChI=1S/C12H18ClN3O4S/c1-9-10(11(13)15(2)14-9)21(17,18)16-5-3-12(4-6-16)19-7-8-20-12/h3-8H2,1-2H3. The lowest BCUT2D eigenvalue weighted by Crippen LogP contribution is -2.47. The van der Waals surface area contributed by atoms with Crippen LogP contribution in [0.5, 0.6) is 0 Å². The number of rotatable bonds is 2. The molecule has 0 radical (unpaired) electrons. The summed E-state index contributed by atoms with van der Waals surface area (Å²) in [5.74, 6) is -0.597. The Balaban J connectivity index is 1.83. The van der Waals surface area contributed by atoms with Crippen LogP contribution in [0.15, 0.2) is 4.90 Å². The Kier molecular flexibility index (Phi) is 3.77. The van der Waals surface area contributed by atoms with E-state index in [9.17, 15) is 8.42 Å². The molecule has 0 saturated carbocycles. The van der Waals surface area contributed by atoms with Gasteiger partial charge in [0.1, 0.15) is 10.0 Å². The Morgan fingerprint density at radius 3 is 2.29 bits per heavy atom. The second-order valence-corrected chi connectivity index (χ2v) is 7.57. The average molecular weight is 336 g/mol. The van der Waals surface area contributed by atoms with Crippen molar-refractivity contribution >= 4 is 21.6 Å². The molecule has 2 aliphatic heterocycles. The molecule has 0 unspecified atom stereocenters. The van der Waals surface area contributed by atoms with Crippen LogP contribution in [0, 0.1) is 6.92 Å². The Labute approximate surface area is 128 Å². The maximum absolute atomic E-state index is 12.8. The zero-order chi connectivity index (χ0) is 15.3. The number of halogens is 1. The minimum absolute atomic E-state index is 0.0934. The van der Waals surface area contributed by atoms with Crippen molar-refractivity contribution in [1.29, 1.82) is 0 Å². The Hall–Kier alpha value is -0.670. The molecule has 0 N–H and O–H groups in total. The van der Waals surface area contributed by atoms with Crippen LogP contribution in [0.2, 0.25) is 5.15 Å². The number of ether oxygens (including phenoxy) is 2. The van der Waals surface area contributed by atoms with Crippen molar-refractivity contribution < 1.29 is 17.9 Å². The summed E-state index contributed by atoms with van der Waals surface area (Å²) >= 11 is 6.08. The summed E-state index contributed by atoms with van der Waals surface area (Å²) in [7, 11) is -2.02. The maximum Gasteiger partial charge on any atom is 0.248 e. The van der Waals surface area contributed by atoms with Gasteiger partial charge in [0, 0.05) is 33.0 Å². The van der Waals surface area contributed by atoms with Gasteiger partial charge in [-0.3, -0.25) is 4.68 Å². The molecule has 1 aromatic rings. The molecule has 118 valence electrons. The highest BCUT2D eigenvalue weighted by molar-refractivity contribution is 7.89. The third-order valence-electron chi connectivity index (χ3n) is 4.00. The van der Waals surface area contributed by atoms with E-state index in [4.69, 9.17) is 21.1 Å². The number of hydrogen-bond donors (Lipinski definition) is 0. The SMILES string of the molecule is Cc1nn(C)c(Cl)c1S(=O)(=O)N1CCC2(CC1)OCCO2. The summed E-state index contributed by atoms with van der Waals surface area (Å²) in [6.45, 7) is 3.49. The van der Waals surface area contributed by atoms with Gasteiger partial charge in [-0.05, 0) is 6.92 Å². The average Bonchev–Trinajstić information content (AvgIpc) is 2.96. The van der Waals surface area contributed by atoms with E-state index in [1.54, 1.807) is 14.0 Å². The molecular formula is C12H18ClN3O4S. The molecule has 2 saturated heterocycles. The quantitative estimate of drug-likeness (QED) is 0.803. The number of piperidine rings is 1. The van der Waals surface area contributed by atoms with Crippen LogP contribution in [0.4, 0.5) is 0 Å². The second-order valence-electron chi connectivity index (χ2n) is 5.34. The van der Waals surface area contributed by atoms with Crippen molar-refractivity contribution in [1.82, 2.24) is 14.1 Å². The van der Waals surface area contributed by atoms with E-state index in [1.165, 1.54) is 8.99 Å². The first-order valence-electron chi connectivity index (χ1n) is 6.83. The molecule has 9 heteroatoms. The molecule has 0 aliphatic carbocycles. The van der Waals surface area contributed by atoms with Crippen molar-refractivity contribution in [2.45, 2.75) is 30.4 Å². The molecule has 0 atom stereocenters. The van der Waals surface area contributed by atoms with Crippen molar-refractivity contribution in [3.05, 3.63) is 10.8 Å². The van der Waals surface area contributed by atoms with E-state index in [0.717, 1.165) is 0 Å². The summed E-state index contributed by atoms with van der Waals surface area (Å²) < 4.78 is 39.5. The van der Waals surface area contributed by atoms with Gasteiger partial charge in [-0.25, -0.2) is 8.42 Å². The van der Waals surface area contributed by atoms with Crippen LogP contribution in [0.3, 0.4) is 0 Å². The fourth-order valence-electron chi connectivity index (χ4n) is 2.89. The molecule has 0 bridgehead atoms. The van der Waals surface area contributed by atoms with Gasteiger partial charge < -0.3 is 9.47 Å². The van der Waals surface area contributed by atoms with E-state index in [2.05, 4.69) is 5.10 Å². The summed E-state index contributed by atoms with van der Waals surface area (Å²) in [6.07, 6.45) is 1.06. The Morgan fingerprint density at radius 2 is 1.81 bits per heavy atom. The zero-order valence-corrected chi connectivity index (χ0v) is 13.6. The minimum atomic E-state index is -3.64. The molecule has 1 spiro atoms. The summed E-state index contributed by atoms with van der Waals surface area (Å²) in [5, 5.41) is 4.21. The normalized spacial score (nSPS) is 23.0. The lowest BCUT2D eigenvalue weighted by atomic mass is 10.1. The fraction of sp³-hybridized carbons (Fsp3) is 0.750. The minimum Gasteiger partial charge on any atom is -0.347 e. The van der Waals surface area contributed by atoms with E-state index >= 15 is 0 Å². The number of sulfonamides is 1. The van der Waals surface area contributed by atoms with Crippen molar-refractivity contribution in [2.24, 2.45) is 7.05 Å². The van der Waals surface area contributed by atoms with Crippen LogP contribution in [0.1, 0.15) is 18.5 Å². The third kappa shape index (κ3) is 2.49. The van der Waals surface area contributed by atoms with Gasteiger partial charge in [-0.1, -0.05) is 11.6 Å².